The lowest BCUT2D eigenvalue weighted by atomic mass is 10.1. The van der Waals surface area contributed by atoms with Gasteiger partial charge < -0.3 is 5.11 Å². The summed E-state index contributed by atoms with van der Waals surface area (Å²) in [6.07, 6.45) is 1.68. The van der Waals surface area contributed by atoms with Gasteiger partial charge in [-0.05, 0) is 23.4 Å². The number of rotatable bonds is 2. The topological polar surface area (TPSA) is 61.8 Å². The summed E-state index contributed by atoms with van der Waals surface area (Å²) in [5.74, 6) is 0.397. The van der Waals surface area contributed by atoms with E-state index >= 15 is 0 Å². The molecule has 0 saturated carbocycles. The normalized spacial score (nSPS) is 16.0. The van der Waals surface area contributed by atoms with Crippen LogP contribution < -0.4 is 15.2 Å². The summed E-state index contributed by atoms with van der Waals surface area (Å²) in [6, 6.07) is 12.5. The van der Waals surface area contributed by atoms with Gasteiger partial charge >= 0.3 is 10.7 Å². The van der Waals surface area contributed by atoms with Crippen LogP contribution in [0.25, 0.3) is 11.1 Å². The predicted molar refractivity (Wildman–Crippen MR) is 94.9 cm³/mol. The van der Waals surface area contributed by atoms with Gasteiger partial charge in [-0.2, -0.15) is 4.57 Å². The fourth-order valence-electron chi connectivity index (χ4n) is 3.07. The van der Waals surface area contributed by atoms with Crippen molar-refractivity contribution in [3.8, 4) is 17.0 Å². The smallest absolute Gasteiger partial charge is 0.345 e. The molecule has 0 fully saturated rings. The van der Waals surface area contributed by atoms with Crippen LogP contribution in [0.1, 0.15) is 11.6 Å². The molecule has 0 saturated heterocycles. The van der Waals surface area contributed by atoms with Gasteiger partial charge in [0.15, 0.2) is 0 Å². The first kappa shape index (κ1) is 16.2. The molecule has 3 heterocycles. The third-order valence-corrected chi connectivity index (χ3v) is 5.76. The number of benzene rings is 1. The van der Waals surface area contributed by atoms with Crippen molar-refractivity contribution >= 4 is 23.4 Å². The molecule has 0 amide bonds. The van der Waals surface area contributed by atoms with Crippen molar-refractivity contribution in [3.63, 3.8) is 0 Å². The molecule has 1 aliphatic heterocycles. The Labute approximate surface area is 153 Å². The SMILES string of the molecule is C[n+]1c([O-])c(-c2ccccc2)c(=O)n2c1SC[C@@H]2c1ccc(Cl)nc1. The summed E-state index contributed by atoms with van der Waals surface area (Å²) in [4.78, 5) is 17.3. The molecule has 3 aromatic rings. The quantitative estimate of drug-likeness (QED) is 0.393. The van der Waals surface area contributed by atoms with Crippen LogP contribution in [-0.2, 0) is 7.05 Å². The van der Waals surface area contributed by atoms with E-state index in [1.54, 1.807) is 40.6 Å². The molecule has 0 radical (unpaired) electrons. The van der Waals surface area contributed by atoms with E-state index in [9.17, 15) is 9.90 Å². The van der Waals surface area contributed by atoms with Crippen LogP contribution in [0.15, 0.2) is 58.6 Å². The van der Waals surface area contributed by atoms with E-state index in [0.717, 1.165) is 5.56 Å². The first-order valence-electron chi connectivity index (χ1n) is 7.73. The Balaban J connectivity index is 1.95. The summed E-state index contributed by atoms with van der Waals surface area (Å²) in [7, 11) is 1.70. The van der Waals surface area contributed by atoms with Crippen molar-refractivity contribution in [3.05, 3.63) is 69.7 Å². The molecule has 4 rings (SSSR count). The monoisotopic (exact) mass is 371 g/mol. The summed E-state index contributed by atoms with van der Waals surface area (Å²) in [5, 5.41) is 13.8. The van der Waals surface area contributed by atoms with Crippen LogP contribution >= 0.6 is 23.4 Å². The van der Waals surface area contributed by atoms with Gasteiger partial charge in [-0.1, -0.05) is 48.0 Å². The minimum atomic E-state index is -0.273. The molecular formula is C18H14ClN3O2S. The van der Waals surface area contributed by atoms with E-state index in [2.05, 4.69) is 4.98 Å². The summed E-state index contributed by atoms with van der Waals surface area (Å²) in [6.45, 7) is 0. The zero-order valence-electron chi connectivity index (χ0n) is 13.3. The van der Waals surface area contributed by atoms with E-state index in [-0.39, 0.29) is 23.0 Å². The average Bonchev–Trinajstić information content (AvgIpc) is 3.07. The molecule has 0 N–H and O–H groups in total. The average molecular weight is 372 g/mol. The van der Waals surface area contributed by atoms with Crippen LogP contribution in [0.5, 0.6) is 5.88 Å². The second kappa shape index (κ2) is 6.20. The first-order chi connectivity index (χ1) is 12.1. The molecule has 7 heteroatoms. The number of fused-ring (bicyclic) bond motifs is 1. The molecule has 0 unspecified atom stereocenters. The Morgan fingerprint density at radius 2 is 2.04 bits per heavy atom. The Hall–Kier alpha value is -2.31. The highest BCUT2D eigenvalue weighted by atomic mass is 35.5. The lowest BCUT2D eigenvalue weighted by Crippen LogP contribution is -2.43. The minimum absolute atomic E-state index is 0.175. The molecule has 1 aromatic carbocycles. The predicted octanol–water partition coefficient (Wildman–Crippen LogP) is 2.16. The highest BCUT2D eigenvalue weighted by Gasteiger charge is 2.37. The Bertz CT molecular complexity index is 1000. The molecule has 1 atom stereocenters. The van der Waals surface area contributed by atoms with Crippen LogP contribution in [0, 0.1) is 0 Å². The maximum Gasteiger partial charge on any atom is 0.345 e. The molecule has 2 aromatic heterocycles. The standard InChI is InChI=1S/C18H14ClN3O2S/c1-21-16(23)15(11-5-3-2-4-6-11)17(24)22-13(10-25-18(21)22)12-7-8-14(19)20-9-12/h2-9,13H,10H2,1H3/t13-/m1/s1. The fourth-order valence-corrected chi connectivity index (χ4v) is 4.45. The number of hydrogen-bond acceptors (Lipinski definition) is 4. The Morgan fingerprint density at radius 3 is 2.72 bits per heavy atom. The molecule has 0 aliphatic carbocycles. The van der Waals surface area contributed by atoms with Gasteiger partial charge in [0.2, 0.25) is 0 Å². The summed E-state index contributed by atoms with van der Waals surface area (Å²) >= 11 is 7.37. The molecule has 5 nitrogen and oxygen atoms in total. The van der Waals surface area contributed by atoms with Gasteiger partial charge in [0, 0.05) is 11.8 Å². The maximum atomic E-state index is 13.2. The van der Waals surface area contributed by atoms with Gasteiger partial charge in [0.1, 0.15) is 16.8 Å². The summed E-state index contributed by atoms with van der Waals surface area (Å²) < 4.78 is 3.25. The first-order valence-corrected chi connectivity index (χ1v) is 9.09. The number of halogens is 1. The molecule has 1 aliphatic rings. The maximum absolute atomic E-state index is 13.2. The molecule has 0 spiro atoms. The number of thioether (sulfide) groups is 1. The van der Waals surface area contributed by atoms with Crippen LogP contribution in [0.3, 0.4) is 0 Å². The van der Waals surface area contributed by atoms with Gasteiger partial charge in [0.25, 0.3) is 0 Å². The van der Waals surface area contributed by atoms with E-state index in [4.69, 9.17) is 11.6 Å². The third-order valence-electron chi connectivity index (χ3n) is 4.32. The minimum Gasteiger partial charge on any atom is -0.842 e. The van der Waals surface area contributed by atoms with Gasteiger partial charge in [-0.3, -0.25) is 0 Å². The largest absolute Gasteiger partial charge is 0.842 e. The lowest BCUT2D eigenvalue weighted by Gasteiger charge is -2.16. The lowest BCUT2D eigenvalue weighted by molar-refractivity contribution is -0.751. The zero-order chi connectivity index (χ0) is 17.6. The molecule has 0 bridgehead atoms. The van der Waals surface area contributed by atoms with E-state index in [1.165, 1.54) is 11.8 Å². The van der Waals surface area contributed by atoms with E-state index < -0.39 is 0 Å². The molecular weight excluding hydrogens is 358 g/mol. The van der Waals surface area contributed by atoms with E-state index in [1.807, 2.05) is 24.3 Å². The van der Waals surface area contributed by atoms with Crippen molar-refractivity contribution in [2.24, 2.45) is 7.05 Å². The fraction of sp³-hybridized carbons (Fsp3) is 0.167. The van der Waals surface area contributed by atoms with Crippen molar-refractivity contribution in [1.29, 1.82) is 0 Å². The van der Waals surface area contributed by atoms with Crippen LogP contribution in [0.2, 0.25) is 5.15 Å². The third kappa shape index (κ3) is 2.62. The Morgan fingerprint density at radius 1 is 1.28 bits per heavy atom. The van der Waals surface area contributed by atoms with Crippen molar-refractivity contribution in [2.75, 3.05) is 5.75 Å². The zero-order valence-corrected chi connectivity index (χ0v) is 14.9. The number of nitrogens with zero attached hydrogens (tertiary/aromatic N) is 3. The number of pyridine rings is 1. The van der Waals surface area contributed by atoms with Gasteiger partial charge in [0.05, 0.1) is 18.7 Å². The van der Waals surface area contributed by atoms with Crippen LogP contribution in [-0.4, -0.2) is 15.3 Å². The Kier molecular flexibility index (Phi) is 4.01. The summed E-state index contributed by atoms with van der Waals surface area (Å²) in [5.41, 5.74) is 1.46. The van der Waals surface area contributed by atoms with Gasteiger partial charge in [-0.15, -0.1) is 0 Å². The van der Waals surface area contributed by atoms with Crippen molar-refractivity contribution < 1.29 is 9.67 Å². The highest BCUT2D eigenvalue weighted by Crippen LogP contribution is 2.35. The number of hydrogen-bond donors (Lipinski definition) is 0. The molecule has 25 heavy (non-hydrogen) atoms. The van der Waals surface area contributed by atoms with Gasteiger partial charge in [-0.25, -0.2) is 14.3 Å². The van der Waals surface area contributed by atoms with E-state index in [0.29, 0.717) is 21.6 Å². The second-order valence-corrected chi connectivity index (χ2v) is 7.18. The number of aromatic nitrogens is 3. The van der Waals surface area contributed by atoms with Crippen molar-refractivity contribution in [2.45, 2.75) is 11.2 Å². The second-order valence-electron chi connectivity index (χ2n) is 5.80. The molecule has 126 valence electrons. The van der Waals surface area contributed by atoms with Crippen molar-refractivity contribution in [1.82, 2.24) is 9.55 Å². The van der Waals surface area contributed by atoms with Crippen LogP contribution in [0.4, 0.5) is 0 Å². The highest BCUT2D eigenvalue weighted by molar-refractivity contribution is 7.99.